The third-order valence-electron chi connectivity index (χ3n) is 21.9. The molecule has 758 valence electrons. The molecule has 0 saturated carbocycles. The predicted octanol–water partition coefficient (Wildman–Crippen LogP) is 12.8. The minimum atomic E-state index is -4.97. The maximum atomic E-state index is 14.0. The first-order chi connectivity index (χ1) is 69.1. The van der Waals surface area contributed by atoms with Crippen molar-refractivity contribution >= 4 is 127 Å². The van der Waals surface area contributed by atoms with Gasteiger partial charge in [-0.25, -0.2) is 80.5 Å². The van der Waals surface area contributed by atoms with E-state index in [1.165, 1.54) is 71.1 Å². The standard InChI is InChI=1S/C25H22F3N3O6S.C25H25N3O7S.C24H22BrN3O6S.C24H21F2N3O6S/c1-31(17-11-12-20-21(14-17)37-15-36-20)23(32)19(13-16-7-3-2-4-8-16)29-24(33)30-38(34,35)22-10-6-5-9-18(22)25(26,27)28;1-28(18-11-12-22-23(14-18)35-16-34-22)24(29)21(13-17-7-4-3-5-8-17)26-25(30)27-36(31,32)20-10-6-9-19(15-20)33-2;1-28(18-10-11-21-22(14-18)34-15-33-21)23(29)20(12-16-6-3-2-4-7-16)26-24(30)27-35(31,32)19-9-5-8-17(25)13-19;1-29(17-8-9-20-21(13-17)35-14-34-20)23(30)19(11-15-5-3-2-4-6-15)27-24(31)28-36(32,33)22-10-7-16(25)12-18(22)26/h2-12,14,19H,13,15H2,1H3,(H2,29,30,33);3-12,14-15,21H,13,16H2,1-2H3,(H2,26,27,30);2-11,13-14,20H,12,15H2,1H3,(H2,26,27,30);2-10,12-13,19H,11,14H2,1H3,(H2,27,28,31)/t19-;21-;20-;19-/m0000/s1. The number of amides is 12. The van der Waals surface area contributed by atoms with Crippen LogP contribution in [0.3, 0.4) is 0 Å². The van der Waals surface area contributed by atoms with Crippen LogP contribution in [-0.2, 0) is 91.1 Å². The van der Waals surface area contributed by atoms with Crippen LogP contribution in [0, 0.1) is 11.6 Å². The van der Waals surface area contributed by atoms with Gasteiger partial charge in [-0.3, -0.25) is 19.2 Å². The van der Waals surface area contributed by atoms with E-state index in [2.05, 4.69) is 37.2 Å². The summed E-state index contributed by atoms with van der Waals surface area (Å²) in [5, 5.41) is 9.68. The van der Waals surface area contributed by atoms with E-state index in [0.717, 1.165) is 35.4 Å². The number of anilines is 4. The topological polar surface area (TPSA) is 465 Å². The zero-order chi connectivity index (χ0) is 104. The van der Waals surface area contributed by atoms with E-state index in [1.807, 2.05) is 70.1 Å². The number of nitrogens with one attached hydrogen (secondary N) is 8. The van der Waals surface area contributed by atoms with Crippen LogP contribution in [0.1, 0.15) is 27.8 Å². The van der Waals surface area contributed by atoms with Gasteiger partial charge in [-0.1, -0.05) is 162 Å². The molecule has 145 heavy (non-hydrogen) atoms. The monoisotopic (exact) mass is 2140 g/mol. The molecule has 47 heteroatoms. The summed E-state index contributed by atoms with van der Waals surface area (Å²) in [5.74, 6) is -0.0453. The number of likely N-dealkylation sites (N-methyl/N-ethyl adjacent to an activating group) is 4. The van der Waals surface area contributed by atoms with E-state index in [9.17, 15) is 94.0 Å². The molecule has 12 amide bonds. The Bertz CT molecular complexity index is 7280. The van der Waals surface area contributed by atoms with Gasteiger partial charge in [-0.2, -0.15) is 13.2 Å². The summed E-state index contributed by atoms with van der Waals surface area (Å²) < 4.78 is 224. The number of nitrogens with zero attached hydrogens (tertiary/aromatic N) is 4. The van der Waals surface area contributed by atoms with E-state index in [0.29, 0.717) is 108 Å². The third kappa shape index (κ3) is 28.2. The Morgan fingerprint density at radius 2 is 0.621 bits per heavy atom. The van der Waals surface area contributed by atoms with Crippen molar-refractivity contribution in [1.29, 1.82) is 0 Å². The van der Waals surface area contributed by atoms with Crippen molar-refractivity contribution in [3.8, 4) is 51.7 Å². The summed E-state index contributed by atoms with van der Waals surface area (Å²) in [7, 11) is -10.5. The molecule has 4 atom stereocenters. The minimum absolute atomic E-state index is 0.0266. The number of urea groups is 4. The molecule has 4 aliphatic heterocycles. The molecular weight excluding hydrogens is 2050 g/mol. The van der Waals surface area contributed by atoms with Gasteiger partial charge >= 0.3 is 30.3 Å². The molecule has 16 rings (SSSR count). The van der Waals surface area contributed by atoms with Crippen LogP contribution in [0.25, 0.3) is 0 Å². The molecule has 0 aromatic heterocycles. The number of benzene rings is 12. The van der Waals surface area contributed by atoms with Crippen molar-refractivity contribution in [3.05, 3.63) is 329 Å². The highest BCUT2D eigenvalue weighted by atomic mass is 79.9. The van der Waals surface area contributed by atoms with Gasteiger partial charge in [0.05, 0.1) is 27.4 Å². The summed E-state index contributed by atoms with van der Waals surface area (Å²) in [6.07, 6.45) is -4.67. The van der Waals surface area contributed by atoms with Crippen molar-refractivity contribution in [2.24, 2.45) is 0 Å². The molecule has 37 nitrogen and oxygen atoms in total. The molecule has 8 N–H and O–H groups in total. The minimum Gasteiger partial charge on any atom is -0.497 e. The number of ether oxygens (including phenoxy) is 9. The Morgan fingerprint density at radius 1 is 0.331 bits per heavy atom. The fraction of sp³-hybridized carbons (Fsp3) is 0.184. The van der Waals surface area contributed by atoms with Gasteiger partial charge < -0.3 is 83.5 Å². The number of fused-ring (bicyclic) bond motifs is 4. The van der Waals surface area contributed by atoms with Gasteiger partial charge in [0, 0.05) is 117 Å². The van der Waals surface area contributed by atoms with Crippen molar-refractivity contribution in [2.75, 3.05) is 82.1 Å². The number of methoxy groups -OCH3 is 1. The maximum Gasteiger partial charge on any atom is 0.417 e. The highest BCUT2D eigenvalue weighted by Crippen LogP contribution is 2.41. The largest absolute Gasteiger partial charge is 0.497 e. The number of carbonyl (C=O) groups is 8. The molecule has 0 saturated heterocycles. The zero-order valence-corrected chi connectivity index (χ0v) is 81.8. The quantitative estimate of drug-likeness (QED) is 0.0202. The number of rotatable bonds is 29. The van der Waals surface area contributed by atoms with Crippen LogP contribution in [0.5, 0.6) is 51.7 Å². The number of halogens is 6. The number of sulfonamides is 4. The first-order valence-corrected chi connectivity index (χ1v) is 50.0. The van der Waals surface area contributed by atoms with E-state index in [-0.39, 0.29) is 62.6 Å². The van der Waals surface area contributed by atoms with Crippen LogP contribution in [0.15, 0.2) is 309 Å². The van der Waals surface area contributed by atoms with Crippen LogP contribution in [0.4, 0.5) is 63.9 Å². The average Bonchev–Trinajstić information content (AvgIpc) is 1.61. The van der Waals surface area contributed by atoms with Crippen LogP contribution >= 0.6 is 15.9 Å². The lowest BCUT2D eigenvalue weighted by Gasteiger charge is -2.25. The first-order valence-electron chi connectivity index (χ1n) is 43.3. The summed E-state index contributed by atoms with van der Waals surface area (Å²) in [5.41, 5.74) is 3.40. The van der Waals surface area contributed by atoms with Crippen LogP contribution in [0.2, 0.25) is 0 Å². The van der Waals surface area contributed by atoms with Crippen LogP contribution < -0.4 is 102 Å². The highest BCUT2D eigenvalue weighted by Gasteiger charge is 2.40. The number of hydrogen-bond acceptors (Lipinski definition) is 25. The number of hydrogen-bond donors (Lipinski definition) is 8. The summed E-state index contributed by atoms with van der Waals surface area (Å²) >= 11 is 3.21. The first kappa shape index (κ1) is 106. The molecule has 0 radical (unpaired) electrons. The lowest BCUT2D eigenvalue weighted by molar-refractivity contribution is -0.140. The predicted molar refractivity (Wildman–Crippen MR) is 520 cm³/mol. The molecule has 0 bridgehead atoms. The van der Waals surface area contributed by atoms with Crippen molar-refractivity contribution < 1.29 is 137 Å². The highest BCUT2D eigenvalue weighted by molar-refractivity contribution is 9.10. The molecule has 12 aromatic rings. The Hall–Kier alpha value is -16.3. The third-order valence-corrected chi connectivity index (χ3v) is 27.8. The Kier molecular flexibility index (Phi) is 34.4. The molecule has 4 heterocycles. The summed E-state index contributed by atoms with van der Waals surface area (Å²) in [6, 6.07) is 62.9. The van der Waals surface area contributed by atoms with Crippen LogP contribution in [-0.4, -0.2) is 168 Å². The molecule has 4 aliphatic rings. The van der Waals surface area contributed by atoms with Gasteiger partial charge in [0.15, 0.2) is 46.0 Å². The molecule has 0 aliphatic carbocycles. The molecular formula is C98H90BrF5N12O25S4. The fourth-order valence-electron chi connectivity index (χ4n) is 14.5. The second-order valence-corrected chi connectivity index (χ2v) is 39.3. The molecule has 0 unspecified atom stereocenters. The van der Waals surface area contributed by atoms with Gasteiger partial charge in [-0.15, -0.1) is 0 Å². The number of alkyl halides is 3. The lowest BCUT2D eigenvalue weighted by Crippen LogP contribution is -2.52. The Labute approximate surface area is 836 Å². The van der Waals surface area contributed by atoms with Gasteiger partial charge in [0.1, 0.15) is 46.4 Å². The summed E-state index contributed by atoms with van der Waals surface area (Å²) in [4.78, 5) is 107. The second-order valence-electron chi connectivity index (χ2n) is 31.7. The number of carbonyl (C=O) groups excluding carboxylic acids is 8. The zero-order valence-electron chi connectivity index (χ0n) is 77.0. The Balaban J connectivity index is 0.000000162. The molecule has 0 fully saturated rings. The second kappa shape index (κ2) is 47.1. The SMILES string of the molecule is CN(C(=O)[C@H](Cc1ccccc1)NC(=O)NS(=O)(=O)c1ccc(F)cc1F)c1ccc2c(c1)OCO2.CN(C(=O)[C@H](Cc1ccccc1)NC(=O)NS(=O)(=O)c1cccc(Br)c1)c1ccc2c(c1)OCO2.CN(C(=O)[C@H](Cc1ccccc1)NC(=O)NS(=O)(=O)c1ccccc1C(F)(F)F)c1ccc2c(c1)OCO2.COc1cccc(S(=O)(=O)NC(=O)N[C@@H](Cc2ccccc2)C(=O)N(C)c2ccc3c(c2)OCO3)c1. The average molecular weight is 2140 g/mol. The van der Waals surface area contributed by atoms with Gasteiger partial charge in [0.25, 0.3) is 40.1 Å². The molecule has 12 aromatic carbocycles. The lowest BCUT2D eigenvalue weighted by atomic mass is 10.0. The van der Waals surface area contributed by atoms with Gasteiger partial charge in [-0.05, 0) is 125 Å². The van der Waals surface area contributed by atoms with E-state index >= 15 is 0 Å². The van der Waals surface area contributed by atoms with Crippen molar-refractivity contribution in [2.45, 2.75) is 75.6 Å². The normalized spacial score (nSPS) is 13.2. The van der Waals surface area contributed by atoms with Gasteiger partial charge in [0.2, 0.25) is 50.8 Å². The van der Waals surface area contributed by atoms with E-state index in [4.69, 9.17) is 42.6 Å². The Morgan fingerprint density at radius 3 is 0.931 bits per heavy atom. The summed E-state index contributed by atoms with van der Waals surface area (Å²) in [6.45, 7) is 0.274. The molecule has 0 spiro atoms. The van der Waals surface area contributed by atoms with Crippen molar-refractivity contribution in [1.82, 2.24) is 40.2 Å². The van der Waals surface area contributed by atoms with Crippen molar-refractivity contribution in [3.63, 3.8) is 0 Å². The smallest absolute Gasteiger partial charge is 0.417 e. The maximum absolute atomic E-state index is 14.0. The van der Waals surface area contributed by atoms with E-state index < -0.39 is 145 Å². The van der Waals surface area contributed by atoms with E-state index in [1.54, 1.807) is 175 Å². The fourth-order valence-corrected chi connectivity index (χ4v) is 19.1.